The molecule has 1 amide bonds. The Bertz CT molecular complexity index is 1080. The molecule has 158 valence electrons. The fraction of sp³-hybridized carbons (Fsp3) is 0.292. The lowest BCUT2D eigenvalue weighted by molar-refractivity contribution is 0.0919. The number of pyridine rings is 1. The molecule has 0 atom stereocenters. The van der Waals surface area contributed by atoms with Crippen LogP contribution in [-0.2, 0) is 13.2 Å². The number of piperidine rings is 1. The summed E-state index contributed by atoms with van der Waals surface area (Å²) >= 11 is 0. The molecule has 0 aliphatic carbocycles. The van der Waals surface area contributed by atoms with E-state index in [0.717, 1.165) is 24.5 Å². The van der Waals surface area contributed by atoms with Crippen LogP contribution in [0.2, 0.25) is 0 Å². The van der Waals surface area contributed by atoms with Crippen molar-refractivity contribution in [3.63, 3.8) is 0 Å². The second kappa shape index (κ2) is 9.81. The predicted octanol–water partition coefficient (Wildman–Crippen LogP) is 4.05. The number of hydrogen-bond donors (Lipinski definition) is 1. The van der Waals surface area contributed by atoms with Crippen molar-refractivity contribution >= 4 is 11.7 Å². The maximum atomic E-state index is 12.6. The molecule has 3 aromatic rings. The van der Waals surface area contributed by atoms with E-state index in [0.29, 0.717) is 23.6 Å². The number of aromatic nitrogens is 1. The van der Waals surface area contributed by atoms with Gasteiger partial charge in [0.1, 0.15) is 30.0 Å². The number of carbonyl (C=O) groups excluding carboxylic acids is 1. The fourth-order valence-corrected chi connectivity index (χ4v) is 3.63. The fourth-order valence-electron chi connectivity index (χ4n) is 3.63. The molecular weight excluding hydrogens is 392 g/mol. The lowest BCUT2D eigenvalue weighted by atomic mass is 10.1. The standard InChI is InChI=1S/C24H24N4O3/c25-15-18-7-2-3-9-21(18)30-17-20-10-11-22(31-20)24(29)27-16-19-8-6-12-26-23(19)28-13-4-1-5-14-28/h2-3,6-12H,1,4-5,13-14,16-17H2,(H,27,29). The zero-order valence-electron chi connectivity index (χ0n) is 17.2. The van der Waals surface area contributed by atoms with Gasteiger partial charge >= 0.3 is 0 Å². The maximum absolute atomic E-state index is 12.6. The molecule has 1 aliphatic rings. The van der Waals surface area contributed by atoms with Crippen LogP contribution < -0.4 is 15.0 Å². The lowest BCUT2D eigenvalue weighted by Gasteiger charge is -2.29. The van der Waals surface area contributed by atoms with E-state index in [1.807, 2.05) is 12.1 Å². The van der Waals surface area contributed by atoms with Gasteiger partial charge in [0.15, 0.2) is 5.76 Å². The number of rotatable bonds is 7. The average molecular weight is 416 g/mol. The van der Waals surface area contributed by atoms with Crippen LogP contribution in [-0.4, -0.2) is 24.0 Å². The Morgan fingerprint density at radius 2 is 1.97 bits per heavy atom. The van der Waals surface area contributed by atoms with E-state index in [2.05, 4.69) is 21.3 Å². The van der Waals surface area contributed by atoms with E-state index in [9.17, 15) is 4.79 Å². The second-order valence-electron chi connectivity index (χ2n) is 7.38. The molecule has 0 bridgehead atoms. The number of nitrogens with zero attached hydrogens (tertiary/aromatic N) is 3. The summed E-state index contributed by atoms with van der Waals surface area (Å²) in [6, 6.07) is 16.3. The van der Waals surface area contributed by atoms with Crippen LogP contribution >= 0.6 is 0 Å². The summed E-state index contributed by atoms with van der Waals surface area (Å²) in [5, 5.41) is 12.1. The number of hydrogen-bond acceptors (Lipinski definition) is 6. The summed E-state index contributed by atoms with van der Waals surface area (Å²) in [5.74, 6) is 1.85. The summed E-state index contributed by atoms with van der Waals surface area (Å²) in [6.07, 6.45) is 5.37. The Morgan fingerprint density at radius 3 is 2.81 bits per heavy atom. The lowest BCUT2D eigenvalue weighted by Crippen LogP contribution is -2.32. The van der Waals surface area contributed by atoms with Gasteiger partial charge in [-0.15, -0.1) is 0 Å². The van der Waals surface area contributed by atoms with Gasteiger partial charge in [-0.2, -0.15) is 5.26 Å². The number of nitrogens with one attached hydrogen (secondary N) is 1. The molecule has 7 nitrogen and oxygen atoms in total. The van der Waals surface area contributed by atoms with Crippen molar-refractivity contribution < 1.29 is 13.9 Å². The van der Waals surface area contributed by atoms with Gasteiger partial charge in [0.25, 0.3) is 5.91 Å². The predicted molar refractivity (Wildman–Crippen MR) is 116 cm³/mol. The average Bonchev–Trinajstić information content (AvgIpc) is 3.31. The van der Waals surface area contributed by atoms with Crippen LogP contribution in [0.25, 0.3) is 0 Å². The molecule has 1 saturated heterocycles. The van der Waals surface area contributed by atoms with E-state index in [1.165, 1.54) is 19.3 Å². The number of benzene rings is 1. The Kier molecular flexibility index (Phi) is 6.48. The second-order valence-corrected chi connectivity index (χ2v) is 7.38. The summed E-state index contributed by atoms with van der Waals surface area (Å²) in [7, 11) is 0. The van der Waals surface area contributed by atoms with Gasteiger partial charge in [-0.1, -0.05) is 18.2 Å². The largest absolute Gasteiger partial charge is 0.484 e. The van der Waals surface area contributed by atoms with Gasteiger partial charge in [0.05, 0.1) is 5.56 Å². The van der Waals surface area contributed by atoms with Gasteiger partial charge in [-0.3, -0.25) is 4.79 Å². The monoisotopic (exact) mass is 416 g/mol. The highest BCUT2D eigenvalue weighted by Gasteiger charge is 2.17. The minimum absolute atomic E-state index is 0.133. The van der Waals surface area contributed by atoms with Gasteiger partial charge in [0, 0.05) is 31.4 Å². The van der Waals surface area contributed by atoms with Crippen LogP contribution in [0.1, 0.15) is 46.7 Å². The third-order valence-corrected chi connectivity index (χ3v) is 5.23. The zero-order valence-corrected chi connectivity index (χ0v) is 17.2. The van der Waals surface area contributed by atoms with E-state index < -0.39 is 0 Å². The molecule has 2 aromatic heterocycles. The zero-order chi connectivity index (χ0) is 21.5. The first-order chi connectivity index (χ1) is 15.2. The Hall–Kier alpha value is -3.79. The van der Waals surface area contributed by atoms with Crippen molar-refractivity contribution in [3.8, 4) is 11.8 Å². The van der Waals surface area contributed by atoms with Crippen LogP contribution in [0.3, 0.4) is 0 Å². The number of furan rings is 1. The normalized spacial score (nSPS) is 13.5. The third-order valence-electron chi connectivity index (χ3n) is 5.23. The quantitative estimate of drug-likeness (QED) is 0.625. The highest BCUT2D eigenvalue weighted by atomic mass is 16.5. The molecule has 4 rings (SSSR count). The molecule has 0 saturated carbocycles. The van der Waals surface area contributed by atoms with Gasteiger partial charge in [-0.25, -0.2) is 4.98 Å². The molecule has 7 heteroatoms. The van der Waals surface area contributed by atoms with E-state index in [4.69, 9.17) is 14.4 Å². The minimum Gasteiger partial charge on any atom is -0.484 e. The molecule has 1 aliphatic heterocycles. The highest BCUT2D eigenvalue weighted by molar-refractivity contribution is 5.91. The number of amides is 1. The van der Waals surface area contributed by atoms with E-state index >= 15 is 0 Å². The first-order valence-electron chi connectivity index (χ1n) is 10.4. The first-order valence-corrected chi connectivity index (χ1v) is 10.4. The summed E-state index contributed by atoms with van der Waals surface area (Å²) in [5.41, 5.74) is 1.44. The number of ether oxygens (including phenoxy) is 1. The molecule has 0 unspecified atom stereocenters. The smallest absolute Gasteiger partial charge is 0.287 e. The summed E-state index contributed by atoms with van der Waals surface area (Å²) < 4.78 is 11.3. The molecule has 3 heterocycles. The number of carbonyl (C=O) groups is 1. The molecule has 1 aromatic carbocycles. The van der Waals surface area contributed by atoms with Crippen molar-refractivity contribution in [2.45, 2.75) is 32.4 Å². The Morgan fingerprint density at radius 1 is 1.13 bits per heavy atom. The van der Waals surface area contributed by atoms with Crippen LogP contribution in [0, 0.1) is 11.3 Å². The van der Waals surface area contributed by atoms with Crippen molar-refractivity contribution in [2.75, 3.05) is 18.0 Å². The van der Waals surface area contributed by atoms with E-state index in [-0.39, 0.29) is 18.3 Å². The number of anilines is 1. The van der Waals surface area contributed by atoms with Crippen LogP contribution in [0.4, 0.5) is 5.82 Å². The summed E-state index contributed by atoms with van der Waals surface area (Å²) in [4.78, 5) is 19.4. The molecule has 0 radical (unpaired) electrons. The van der Waals surface area contributed by atoms with Crippen LogP contribution in [0.5, 0.6) is 5.75 Å². The topological polar surface area (TPSA) is 91.4 Å². The summed E-state index contributed by atoms with van der Waals surface area (Å²) in [6.45, 7) is 2.50. The Labute approximate surface area is 181 Å². The van der Waals surface area contributed by atoms with Crippen LogP contribution in [0.15, 0.2) is 59.1 Å². The molecule has 1 fully saturated rings. The molecule has 31 heavy (non-hydrogen) atoms. The molecule has 0 spiro atoms. The number of para-hydroxylation sites is 1. The minimum atomic E-state index is -0.294. The first kappa shape index (κ1) is 20.5. The Balaban J connectivity index is 1.35. The van der Waals surface area contributed by atoms with Crippen molar-refractivity contribution in [1.82, 2.24) is 10.3 Å². The van der Waals surface area contributed by atoms with Crippen molar-refractivity contribution in [2.24, 2.45) is 0 Å². The highest BCUT2D eigenvalue weighted by Crippen LogP contribution is 2.22. The van der Waals surface area contributed by atoms with Gasteiger partial charge in [0.2, 0.25) is 0 Å². The molecule has 1 N–H and O–H groups in total. The van der Waals surface area contributed by atoms with Gasteiger partial charge < -0.3 is 19.4 Å². The SMILES string of the molecule is N#Cc1ccccc1OCc1ccc(C(=O)NCc2cccnc2N2CCCCC2)o1. The van der Waals surface area contributed by atoms with E-state index in [1.54, 1.807) is 42.6 Å². The number of nitriles is 1. The van der Waals surface area contributed by atoms with Gasteiger partial charge in [-0.05, 0) is 49.6 Å². The van der Waals surface area contributed by atoms with Crippen molar-refractivity contribution in [3.05, 3.63) is 77.4 Å². The van der Waals surface area contributed by atoms with Crippen molar-refractivity contribution in [1.29, 1.82) is 5.26 Å². The maximum Gasteiger partial charge on any atom is 0.287 e. The molecular formula is C24H24N4O3. The third kappa shape index (κ3) is 5.04.